The number of unbranched alkanes of at least 4 members (excludes halogenated alkanes) is 1. The Labute approximate surface area is 84.4 Å². The van der Waals surface area contributed by atoms with Gasteiger partial charge in [-0.25, -0.2) is 0 Å². The van der Waals surface area contributed by atoms with Crippen LogP contribution in [-0.2, 0) is 9.59 Å². The molecule has 82 valence electrons. The first-order chi connectivity index (χ1) is 6.57. The van der Waals surface area contributed by atoms with Gasteiger partial charge in [-0.05, 0) is 26.3 Å². The number of likely N-dealkylation sites (N-methyl/N-ethyl adjacent to an activating group) is 1. The highest BCUT2D eigenvalue weighted by Gasteiger charge is 2.10. The average Bonchev–Trinajstić information content (AvgIpc) is 2.10. The minimum atomic E-state index is -0.327. The van der Waals surface area contributed by atoms with Crippen molar-refractivity contribution in [3.63, 3.8) is 0 Å². The van der Waals surface area contributed by atoms with Gasteiger partial charge in [-0.3, -0.25) is 9.59 Å². The molecule has 1 atom stereocenters. The number of carbonyl (C=O) groups excluding carboxylic acids is 2. The van der Waals surface area contributed by atoms with Crippen LogP contribution < -0.4 is 16.4 Å². The fraction of sp³-hybridized carbons (Fsp3) is 0.778. The molecule has 4 N–H and O–H groups in total. The Morgan fingerprint density at radius 2 is 2.00 bits per heavy atom. The third-order valence-corrected chi connectivity index (χ3v) is 1.99. The first kappa shape index (κ1) is 12.9. The minimum absolute atomic E-state index is 0.0231. The Kier molecular flexibility index (Phi) is 6.74. The molecule has 5 nitrogen and oxygen atoms in total. The molecule has 0 unspecified atom stereocenters. The summed E-state index contributed by atoms with van der Waals surface area (Å²) in [6.45, 7) is 2.14. The van der Waals surface area contributed by atoms with E-state index in [-0.39, 0.29) is 17.9 Å². The molecule has 0 saturated carbocycles. The van der Waals surface area contributed by atoms with Gasteiger partial charge in [0.15, 0.2) is 0 Å². The van der Waals surface area contributed by atoms with Gasteiger partial charge in [0.05, 0.1) is 6.04 Å². The molecule has 0 radical (unpaired) electrons. The monoisotopic (exact) mass is 201 g/mol. The van der Waals surface area contributed by atoms with Crippen molar-refractivity contribution < 1.29 is 9.59 Å². The Hall–Kier alpha value is -1.10. The van der Waals surface area contributed by atoms with E-state index < -0.39 is 0 Å². The van der Waals surface area contributed by atoms with Crippen molar-refractivity contribution in [1.29, 1.82) is 0 Å². The molecule has 14 heavy (non-hydrogen) atoms. The summed E-state index contributed by atoms with van der Waals surface area (Å²) in [5.41, 5.74) is 5.14. The SMILES string of the molecule is CN[C@H](CCCCNC(C)=O)C(N)=O. The Morgan fingerprint density at radius 3 is 2.43 bits per heavy atom. The molecular weight excluding hydrogens is 182 g/mol. The fourth-order valence-corrected chi connectivity index (χ4v) is 1.17. The van der Waals surface area contributed by atoms with Crippen molar-refractivity contribution in [3.8, 4) is 0 Å². The summed E-state index contributed by atoms with van der Waals surface area (Å²) in [6.07, 6.45) is 2.45. The van der Waals surface area contributed by atoms with E-state index in [2.05, 4.69) is 10.6 Å². The van der Waals surface area contributed by atoms with Crippen molar-refractivity contribution in [2.75, 3.05) is 13.6 Å². The average molecular weight is 201 g/mol. The second-order valence-corrected chi connectivity index (χ2v) is 3.22. The van der Waals surface area contributed by atoms with Gasteiger partial charge in [0, 0.05) is 13.5 Å². The van der Waals surface area contributed by atoms with E-state index in [0.29, 0.717) is 13.0 Å². The number of hydrogen-bond acceptors (Lipinski definition) is 3. The lowest BCUT2D eigenvalue weighted by molar-refractivity contribution is -0.120. The molecule has 0 aromatic heterocycles. The van der Waals surface area contributed by atoms with Gasteiger partial charge in [-0.1, -0.05) is 0 Å². The number of nitrogens with one attached hydrogen (secondary N) is 2. The molecule has 0 heterocycles. The molecule has 0 bridgehead atoms. The van der Waals surface area contributed by atoms with Gasteiger partial charge in [0.25, 0.3) is 0 Å². The van der Waals surface area contributed by atoms with Crippen molar-refractivity contribution in [2.24, 2.45) is 5.73 Å². The summed E-state index contributed by atoms with van der Waals surface area (Å²) in [5.74, 6) is -0.350. The Balaban J connectivity index is 3.42. The van der Waals surface area contributed by atoms with E-state index in [1.165, 1.54) is 6.92 Å². The smallest absolute Gasteiger partial charge is 0.234 e. The molecule has 0 saturated heterocycles. The summed E-state index contributed by atoms with van der Waals surface area (Å²) in [5, 5.41) is 5.53. The standard InChI is InChI=1S/C9H19N3O2/c1-7(13)12-6-4-3-5-8(11-2)9(10)14/h8,11H,3-6H2,1-2H3,(H2,10,14)(H,12,13)/t8-/m1/s1. The van der Waals surface area contributed by atoms with E-state index >= 15 is 0 Å². The Morgan fingerprint density at radius 1 is 1.36 bits per heavy atom. The van der Waals surface area contributed by atoms with Crippen LogP contribution in [0.4, 0.5) is 0 Å². The predicted molar refractivity (Wildman–Crippen MR) is 54.6 cm³/mol. The maximum atomic E-state index is 10.8. The molecule has 2 amide bonds. The van der Waals surface area contributed by atoms with Crippen molar-refractivity contribution in [1.82, 2.24) is 10.6 Å². The predicted octanol–water partition coefficient (Wildman–Crippen LogP) is -0.634. The molecule has 0 aliphatic heterocycles. The van der Waals surface area contributed by atoms with Gasteiger partial charge in [0.1, 0.15) is 0 Å². The maximum absolute atomic E-state index is 10.8. The van der Waals surface area contributed by atoms with Gasteiger partial charge in [0.2, 0.25) is 11.8 Å². The Bertz CT molecular complexity index is 194. The number of carbonyl (C=O) groups is 2. The zero-order valence-corrected chi connectivity index (χ0v) is 8.80. The molecule has 0 aromatic carbocycles. The highest BCUT2D eigenvalue weighted by atomic mass is 16.1. The molecule has 0 rings (SSSR count). The molecule has 0 aliphatic carbocycles. The van der Waals surface area contributed by atoms with Crippen LogP contribution in [0, 0.1) is 0 Å². The topological polar surface area (TPSA) is 84.2 Å². The number of amides is 2. The largest absolute Gasteiger partial charge is 0.368 e. The molecule has 0 fully saturated rings. The van der Waals surface area contributed by atoms with Crippen molar-refractivity contribution in [2.45, 2.75) is 32.2 Å². The van der Waals surface area contributed by atoms with Gasteiger partial charge in [-0.15, -0.1) is 0 Å². The van der Waals surface area contributed by atoms with E-state index in [4.69, 9.17) is 5.73 Å². The summed E-state index contributed by atoms with van der Waals surface area (Å²) in [7, 11) is 1.71. The molecule has 0 spiro atoms. The normalized spacial score (nSPS) is 12.1. The van der Waals surface area contributed by atoms with E-state index in [0.717, 1.165) is 12.8 Å². The van der Waals surface area contributed by atoms with Crippen LogP contribution in [0.15, 0.2) is 0 Å². The molecular formula is C9H19N3O2. The highest BCUT2D eigenvalue weighted by Crippen LogP contribution is 1.99. The molecule has 5 heteroatoms. The highest BCUT2D eigenvalue weighted by molar-refractivity contribution is 5.79. The summed E-state index contributed by atoms with van der Waals surface area (Å²) < 4.78 is 0. The lowest BCUT2D eigenvalue weighted by Crippen LogP contribution is -2.39. The number of hydrogen-bond donors (Lipinski definition) is 3. The summed E-state index contributed by atoms with van der Waals surface area (Å²) >= 11 is 0. The lowest BCUT2D eigenvalue weighted by Gasteiger charge is -2.11. The van der Waals surface area contributed by atoms with Crippen molar-refractivity contribution in [3.05, 3.63) is 0 Å². The van der Waals surface area contributed by atoms with Crippen LogP contribution in [0.2, 0.25) is 0 Å². The summed E-state index contributed by atoms with van der Waals surface area (Å²) in [6, 6.07) is -0.257. The zero-order chi connectivity index (χ0) is 11.0. The van der Waals surface area contributed by atoms with Crippen LogP contribution in [0.3, 0.4) is 0 Å². The van der Waals surface area contributed by atoms with Gasteiger partial charge < -0.3 is 16.4 Å². The van der Waals surface area contributed by atoms with Crippen LogP contribution in [0.25, 0.3) is 0 Å². The van der Waals surface area contributed by atoms with Crippen LogP contribution >= 0.6 is 0 Å². The maximum Gasteiger partial charge on any atom is 0.234 e. The van der Waals surface area contributed by atoms with Gasteiger partial charge in [-0.2, -0.15) is 0 Å². The third-order valence-electron chi connectivity index (χ3n) is 1.99. The van der Waals surface area contributed by atoms with Crippen LogP contribution in [0.5, 0.6) is 0 Å². The van der Waals surface area contributed by atoms with Crippen molar-refractivity contribution >= 4 is 11.8 Å². The number of rotatable bonds is 7. The third kappa shape index (κ3) is 6.42. The quantitative estimate of drug-likeness (QED) is 0.479. The van der Waals surface area contributed by atoms with Crippen LogP contribution in [0.1, 0.15) is 26.2 Å². The van der Waals surface area contributed by atoms with Gasteiger partial charge >= 0.3 is 0 Å². The minimum Gasteiger partial charge on any atom is -0.368 e. The fourth-order valence-electron chi connectivity index (χ4n) is 1.17. The second-order valence-electron chi connectivity index (χ2n) is 3.22. The van der Waals surface area contributed by atoms with E-state index in [9.17, 15) is 9.59 Å². The molecule has 0 aliphatic rings. The van der Waals surface area contributed by atoms with Crippen LogP contribution in [-0.4, -0.2) is 31.4 Å². The first-order valence-electron chi connectivity index (χ1n) is 4.79. The first-order valence-corrected chi connectivity index (χ1v) is 4.79. The molecule has 0 aromatic rings. The lowest BCUT2D eigenvalue weighted by atomic mass is 10.1. The summed E-state index contributed by atoms with van der Waals surface area (Å²) in [4.78, 5) is 21.3. The second kappa shape index (κ2) is 7.32. The zero-order valence-electron chi connectivity index (χ0n) is 8.80. The van der Waals surface area contributed by atoms with E-state index in [1.54, 1.807) is 7.05 Å². The number of primary amides is 1. The van der Waals surface area contributed by atoms with E-state index in [1.807, 2.05) is 0 Å². The number of nitrogens with two attached hydrogens (primary N) is 1.